The van der Waals surface area contributed by atoms with Gasteiger partial charge in [-0.2, -0.15) is 0 Å². The molecule has 0 bridgehead atoms. The average molecular weight is 320 g/mol. The molecule has 0 spiro atoms. The molecular weight excluding hydrogens is 296 g/mol. The lowest BCUT2D eigenvalue weighted by atomic mass is 9.96. The Morgan fingerprint density at radius 3 is 2.64 bits per heavy atom. The third-order valence-electron chi connectivity index (χ3n) is 4.35. The molecule has 3 rings (SSSR count). The van der Waals surface area contributed by atoms with Crippen LogP contribution in [0.1, 0.15) is 50.6 Å². The van der Waals surface area contributed by atoms with E-state index in [0.29, 0.717) is 19.3 Å². The Bertz CT molecular complexity index is 529. The summed E-state index contributed by atoms with van der Waals surface area (Å²) in [6, 6.07) is 6.74. The monoisotopic (exact) mass is 320 g/mol. The number of hydrogen-bond donors (Lipinski definition) is 2. The van der Waals surface area contributed by atoms with Crippen molar-refractivity contribution in [1.82, 2.24) is 10.6 Å². The molecule has 0 amide bonds. The van der Waals surface area contributed by atoms with E-state index in [1.54, 1.807) is 0 Å². The molecule has 0 unspecified atom stereocenters. The van der Waals surface area contributed by atoms with Crippen LogP contribution in [0.25, 0.3) is 0 Å². The zero-order chi connectivity index (χ0) is 15.4. The average Bonchev–Trinajstić information content (AvgIpc) is 2.55. The minimum Gasteiger partial charge on any atom is -0.486 e. The third kappa shape index (κ3) is 3.83. The fourth-order valence-electron chi connectivity index (χ4n) is 3.08. The van der Waals surface area contributed by atoms with Gasteiger partial charge in [0.2, 0.25) is 0 Å². The maximum atomic E-state index is 5.64. The third-order valence-corrected chi connectivity index (χ3v) is 4.59. The highest BCUT2D eigenvalue weighted by molar-refractivity contribution is 7.80. The fourth-order valence-corrected chi connectivity index (χ4v) is 3.43. The lowest BCUT2D eigenvalue weighted by Gasteiger charge is -2.26. The Morgan fingerprint density at radius 2 is 1.86 bits per heavy atom. The summed E-state index contributed by atoms with van der Waals surface area (Å²) in [4.78, 5) is 0. The van der Waals surface area contributed by atoms with Gasteiger partial charge in [0.1, 0.15) is 13.2 Å². The predicted octanol–water partition coefficient (Wildman–Crippen LogP) is 3.32. The van der Waals surface area contributed by atoms with E-state index in [1.807, 2.05) is 12.1 Å². The lowest BCUT2D eigenvalue weighted by molar-refractivity contribution is 0.171. The van der Waals surface area contributed by atoms with Crippen molar-refractivity contribution >= 4 is 17.3 Å². The van der Waals surface area contributed by atoms with Crippen LogP contribution in [-0.2, 0) is 0 Å². The van der Waals surface area contributed by atoms with Crippen molar-refractivity contribution in [1.29, 1.82) is 0 Å². The summed E-state index contributed by atoms with van der Waals surface area (Å²) in [6.07, 6.45) is 6.41. The Morgan fingerprint density at radius 1 is 1.14 bits per heavy atom. The number of nitrogens with one attached hydrogen (secondary N) is 2. The van der Waals surface area contributed by atoms with Crippen molar-refractivity contribution in [2.24, 2.45) is 0 Å². The summed E-state index contributed by atoms with van der Waals surface area (Å²) in [5.41, 5.74) is 1.15. The van der Waals surface area contributed by atoms with E-state index in [4.69, 9.17) is 21.7 Å². The van der Waals surface area contributed by atoms with Crippen LogP contribution in [0.3, 0.4) is 0 Å². The molecule has 0 aromatic heterocycles. The van der Waals surface area contributed by atoms with Gasteiger partial charge in [0.15, 0.2) is 16.6 Å². The summed E-state index contributed by atoms with van der Waals surface area (Å²) in [7, 11) is 0. The molecule has 0 saturated heterocycles. The molecule has 2 aliphatic rings. The molecule has 1 atom stereocenters. The second-order valence-electron chi connectivity index (χ2n) is 6.08. The molecule has 1 heterocycles. The molecule has 1 fully saturated rings. The van der Waals surface area contributed by atoms with Crippen LogP contribution in [0.4, 0.5) is 0 Å². The Balaban J connectivity index is 1.56. The molecule has 5 heteroatoms. The lowest BCUT2D eigenvalue weighted by Crippen LogP contribution is -2.43. The summed E-state index contributed by atoms with van der Waals surface area (Å²) in [5, 5.41) is 7.57. The number of fused-ring (bicyclic) bond motifs is 1. The second-order valence-corrected chi connectivity index (χ2v) is 6.49. The quantitative estimate of drug-likeness (QED) is 0.836. The van der Waals surface area contributed by atoms with Crippen LogP contribution in [0.15, 0.2) is 18.2 Å². The highest BCUT2D eigenvalue weighted by Gasteiger charge is 2.17. The Labute approximate surface area is 137 Å². The summed E-state index contributed by atoms with van der Waals surface area (Å²) in [6.45, 7) is 3.34. The molecular formula is C17H24N2O2S. The number of ether oxygens (including phenoxy) is 2. The van der Waals surface area contributed by atoms with Gasteiger partial charge < -0.3 is 20.1 Å². The van der Waals surface area contributed by atoms with Gasteiger partial charge in [0, 0.05) is 6.04 Å². The molecule has 1 saturated carbocycles. The number of rotatable bonds is 3. The zero-order valence-corrected chi connectivity index (χ0v) is 13.9. The topological polar surface area (TPSA) is 42.5 Å². The molecule has 1 aliphatic heterocycles. The second kappa shape index (κ2) is 7.18. The van der Waals surface area contributed by atoms with Crippen LogP contribution < -0.4 is 20.1 Å². The highest BCUT2D eigenvalue weighted by Crippen LogP contribution is 2.32. The van der Waals surface area contributed by atoms with Gasteiger partial charge in [-0.3, -0.25) is 0 Å². The van der Waals surface area contributed by atoms with Crippen molar-refractivity contribution in [2.75, 3.05) is 13.2 Å². The molecule has 2 N–H and O–H groups in total. The SMILES string of the molecule is C[C@@H](NC(=S)NC1CCCCC1)c1ccc2c(c1)OCCO2. The van der Waals surface area contributed by atoms with Crippen LogP contribution in [0.2, 0.25) is 0 Å². The number of hydrogen-bond acceptors (Lipinski definition) is 3. The van der Waals surface area contributed by atoms with E-state index in [2.05, 4.69) is 23.6 Å². The van der Waals surface area contributed by atoms with E-state index in [-0.39, 0.29) is 6.04 Å². The smallest absolute Gasteiger partial charge is 0.166 e. The van der Waals surface area contributed by atoms with Crippen molar-refractivity contribution in [3.05, 3.63) is 23.8 Å². The molecule has 1 aliphatic carbocycles. The molecule has 1 aromatic carbocycles. The Kier molecular flexibility index (Phi) is 5.03. The van der Waals surface area contributed by atoms with Crippen LogP contribution in [0.5, 0.6) is 11.5 Å². The van der Waals surface area contributed by atoms with Crippen molar-refractivity contribution in [2.45, 2.75) is 51.1 Å². The first-order valence-electron chi connectivity index (χ1n) is 8.19. The summed E-state index contributed by atoms with van der Waals surface area (Å²) >= 11 is 5.45. The van der Waals surface area contributed by atoms with Gasteiger partial charge in [-0.15, -0.1) is 0 Å². The zero-order valence-electron chi connectivity index (χ0n) is 13.1. The molecule has 22 heavy (non-hydrogen) atoms. The van der Waals surface area contributed by atoms with Gasteiger partial charge in [0.05, 0.1) is 6.04 Å². The number of thiocarbonyl (C=S) groups is 1. The van der Waals surface area contributed by atoms with E-state index >= 15 is 0 Å². The van der Waals surface area contributed by atoms with Gasteiger partial charge in [-0.05, 0) is 49.7 Å². The first-order chi connectivity index (χ1) is 10.7. The minimum absolute atomic E-state index is 0.138. The van der Waals surface area contributed by atoms with Gasteiger partial charge in [0.25, 0.3) is 0 Å². The van der Waals surface area contributed by atoms with E-state index in [1.165, 1.54) is 32.1 Å². The highest BCUT2D eigenvalue weighted by atomic mass is 32.1. The number of benzene rings is 1. The van der Waals surface area contributed by atoms with E-state index in [0.717, 1.165) is 22.2 Å². The van der Waals surface area contributed by atoms with Crippen molar-refractivity contribution in [3.8, 4) is 11.5 Å². The maximum absolute atomic E-state index is 5.64. The first-order valence-corrected chi connectivity index (χ1v) is 8.60. The first kappa shape index (κ1) is 15.4. The van der Waals surface area contributed by atoms with E-state index in [9.17, 15) is 0 Å². The minimum atomic E-state index is 0.138. The largest absolute Gasteiger partial charge is 0.486 e. The molecule has 4 nitrogen and oxygen atoms in total. The van der Waals surface area contributed by atoms with Gasteiger partial charge in [-0.25, -0.2) is 0 Å². The van der Waals surface area contributed by atoms with Gasteiger partial charge in [-0.1, -0.05) is 25.3 Å². The van der Waals surface area contributed by atoms with Gasteiger partial charge >= 0.3 is 0 Å². The fraction of sp³-hybridized carbons (Fsp3) is 0.588. The summed E-state index contributed by atoms with van der Waals surface area (Å²) < 4.78 is 11.2. The van der Waals surface area contributed by atoms with Crippen LogP contribution >= 0.6 is 12.2 Å². The molecule has 1 aromatic rings. The predicted molar refractivity (Wildman–Crippen MR) is 91.6 cm³/mol. The molecule has 0 radical (unpaired) electrons. The van der Waals surface area contributed by atoms with E-state index < -0.39 is 0 Å². The van der Waals surface area contributed by atoms with Crippen molar-refractivity contribution < 1.29 is 9.47 Å². The van der Waals surface area contributed by atoms with Crippen molar-refractivity contribution in [3.63, 3.8) is 0 Å². The van der Waals surface area contributed by atoms with Crippen LogP contribution in [0, 0.1) is 0 Å². The molecule has 120 valence electrons. The maximum Gasteiger partial charge on any atom is 0.166 e. The van der Waals surface area contributed by atoms with Crippen LogP contribution in [-0.4, -0.2) is 24.4 Å². The summed E-state index contributed by atoms with van der Waals surface area (Å²) in [5.74, 6) is 1.65. The normalized spacial score (nSPS) is 19.3. The standard InChI is InChI=1S/C17H24N2O2S/c1-12(18-17(22)19-14-5-3-2-4-6-14)13-7-8-15-16(11-13)21-10-9-20-15/h7-8,11-12,14H,2-6,9-10H2,1H3,(H2,18,19,22)/t12-/m1/s1. The Hall–Kier alpha value is -1.49.